The largest absolute Gasteiger partial charge is 0.0774 e. The first-order chi connectivity index (χ1) is 5.86. The lowest BCUT2D eigenvalue weighted by atomic mass is 9.92. The molecular weight excluding hydrogens is 144 g/mol. The number of benzene rings is 1. The van der Waals surface area contributed by atoms with Gasteiger partial charge >= 0.3 is 0 Å². The normalized spacial score (nSPS) is 30.2. The van der Waals surface area contributed by atoms with Crippen LogP contribution in [0.3, 0.4) is 0 Å². The van der Waals surface area contributed by atoms with E-state index >= 15 is 0 Å². The fraction of sp³-hybridized carbons (Fsp3) is 0.333. The van der Waals surface area contributed by atoms with E-state index in [2.05, 4.69) is 37.3 Å². The molecule has 0 radical (unpaired) electrons. The molecular formula is C12H12. The zero-order valence-corrected chi connectivity index (χ0v) is 7.25. The Morgan fingerprint density at radius 1 is 1.17 bits per heavy atom. The van der Waals surface area contributed by atoms with Gasteiger partial charge in [0.05, 0.1) is 0 Å². The Hall–Kier alpha value is -1.04. The smallest absolute Gasteiger partial charge is 0.00573 e. The zero-order valence-electron chi connectivity index (χ0n) is 7.25. The first-order valence-corrected chi connectivity index (χ1v) is 4.63. The molecule has 2 atom stereocenters. The maximum atomic E-state index is 2.44. The van der Waals surface area contributed by atoms with Crippen LogP contribution in [0.5, 0.6) is 0 Å². The van der Waals surface area contributed by atoms with Crippen molar-refractivity contribution in [2.75, 3.05) is 0 Å². The third kappa shape index (κ3) is 0.632. The lowest BCUT2D eigenvalue weighted by molar-refractivity contribution is 0.785. The molecule has 0 heterocycles. The average molecular weight is 156 g/mol. The molecule has 0 aromatic heterocycles. The molecule has 12 heavy (non-hydrogen) atoms. The Labute approximate surface area is 72.9 Å². The molecule has 1 aromatic rings. The summed E-state index contributed by atoms with van der Waals surface area (Å²) in [7, 11) is 0. The summed E-state index contributed by atoms with van der Waals surface area (Å²) in [6.45, 7) is 2.26. The Bertz CT molecular complexity index is 360. The second kappa shape index (κ2) is 2.01. The van der Waals surface area contributed by atoms with Gasteiger partial charge in [0, 0.05) is 11.8 Å². The molecule has 2 aliphatic rings. The van der Waals surface area contributed by atoms with Crippen LogP contribution >= 0.6 is 0 Å². The minimum atomic E-state index is 0.742. The molecule has 3 rings (SSSR count). The molecule has 0 amide bonds. The fourth-order valence-electron chi connectivity index (χ4n) is 2.70. The summed E-state index contributed by atoms with van der Waals surface area (Å²) < 4.78 is 0. The Morgan fingerprint density at radius 3 is 2.75 bits per heavy atom. The van der Waals surface area contributed by atoms with Crippen LogP contribution in [0.15, 0.2) is 35.9 Å². The van der Waals surface area contributed by atoms with Gasteiger partial charge in [-0.25, -0.2) is 0 Å². The van der Waals surface area contributed by atoms with Gasteiger partial charge in [-0.05, 0) is 24.5 Å². The van der Waals surface area contributed by atoms with Crippen molar-refractivity contribution >= 4 is 0 Å². The van der Waals surface area contributed by atoms with Crippen LogP contribution in [0.4, 0.5) is 0 Å². The van der Waals surface area contributed by atoms with Gasteiger partial charge in [-0.3, -0.25) is 0 Å². The van der Waals surface area contributed by atoms with E-state index in [1.807, 2.05) is 0 Å². The summed E-state index contributed by atoms with van der Waals surface area (Å²) >= 11 is 0. The monoisotopic (exact) mass is 156 g/mol. The predicted octanol–water partition coefficient (Wildman–Crippen LogP) is 3.22. The molecule has 0 aliphatic heterocycles. The third-order valence-electron chi connectivity index (χ3n) is 3.27. The van der Waals surface area contributed by atoms with Crippen molar-refractivity contribution in [1.82, 2.24) is 0 Å². The lowest BCUT2D eigenvalue weighted by Gasteiger charge is -2.13. The van der Waals surface area contributed by atoms with Gasteiger partial charge in [0.25, 0.3) is 0 Å². The van der Waals surface area contributed by atoms with Crippen molar-refractivity contribution in [2.45, 2.75) is 25.2 Å². The van der Waals surface area contributed by atoms with Crippen LogP contribution in [-0.2, 0) is 0 Å². The highest BCUT2D eigenvalue weighted by Crippen LogP contribution is 2.51. The second-order valence-corrected chi connectivity index (χ2v) is 3.93. The van der Waals surface area contributed by atoms with Gasteiger partial charge in [0.2, 0.25) is 0 Å². The quantitative estimate of drug-likeness (QED) is 0.506. The second-order valence-electron chi connectivity index (χ2n) is 3.93. The highest BCUT2D eigenvalue weighted by Gasteiger charge is 2.35. The summed E-state index contributed by atoms with van der Waals surface area (Å²) in [5, 5.41) is 0. The van der Waals surface area contributed by atoms with Gasteiger partial charge in [-0.2, -0.15) is 0 Å². The van der Waals surface area contributed by atoms with E-state index in [0.29, 0.717) is 0 Å². The van der Waals surface area contributed by atoms with Crippen molar-refractivity contribution in [3.8, 4) is 0 Å². The molecule has 2 bridgehead atoms. The Morgan fingerprint density at radius 2 is 1.92 bits per heavy atom. The van der Waals surface area contributed by atoms with Crippen molar-refractivity contribution in [2.24, 2.45) is 0 Å². The van der Waals surface area contributed by atoms with E-state index in [1.54, 1.807) is 16.7 Å². The van der Waals surface area contributed by atoms with Crippen LogP contribution in [-0.4, -0.2) is 0 Å². The SMILES string of the molecule is CC1=CC2CC1c1ccccc12. The maximum absolute atomic E-state index is 2.44. The van der Waals surface area contributed by atoms with E-state index in [-0.39, 0.29) is 0 Å². The summed E-state index contributed by atoms with van der Waals surface area (Å²) in [5.74, 6) is 1.50. The molecule has 0 saturated heterocycles. The summed E-state index contributed by atoms with van der Waals surface area (Å²) in [6.07, 6.45) is 3.78. The topological polar surface area (TPSA) is 0 Å². The zero-order chi connectivity index (χ0) is 8.13. The molecule has 0 fully saturated rings. The minimum Gasteiger partial charge on any atom is -0.0774 e. The van der Waals surface area contributed by atoms with Crippen molar-refractivity contribution < 1.29 is 0 Å². The number of hydrogen-bond donors (Lipinski definition) is 0. The standard InChI is InChI=1S/C12H12/c1-8-6-9-7-12(8)11-5-3-2-4-10(9)11/h2-6,9,12H,7H2,1H3. The van der Waals surface area contributed by atoms with E-state index in [4.69, 9.17) is 0 Å². The van der Waals surface area contributed by atoms with Crippen molar-refractivity contribution in [3.63, 3.8) is 0 Å². The number of rotatable bonds is 0. The van der Waals surface area contributed by atoms with E-state index < -0.39 is 0 Å². The molecule has 2 aliphatic carbocycles. The van der Waals surface area contributed by atoms with Crippen LogP contribution in [0.25, 0.3) is 0 Å². The molecule has 0 spiro atoms. The van der Waals surface area contributed by atoms with Crippen LogP contribution < -0.4 is 0 Å². The molecule has 0 saturated carbocycles. The van der Waals surface area contributed by atoms with E-state index in [0.717, 1.165) is 11.8 Å². The van der Waals surface area contributed by atoms with Gasteiger partial charge < -0.3 is 0 Å². The third-order valence-corrected chi connectivity index (χ3v) is 3.27. The summed E-state index contributed by atoms with van der Waals surface area (Å²) in [4.78, 5) is 0. The predicted molar refractivity (Wildman–Crippen MR) is 50.3 cm³/mol. The number of hydrogen-bond acceptors (Lipinski definition) is 0. The van der Waals surface area contributed by atoms with Gasteiger partial charge in [0.15, 0.2) is 0 Å². The summed E-state index contributed by atoms with van der Waals surface area (Å²) in [5.41, 5.74) is 4.74. The summed E-state index contributed by atoms with van der Waals surface area (Å²) in [6, 6.07) is 8.88. The van der Waals surface area contributed by atoms with Gasteiger partial charge in [-0.1, -0.05) is 35.9 Å². The highest BCUT2D eigenvalue weighted by molar-refractivity contribution is 5.50. The molecule has 0 heteroatoms. The molecule has 0 nitrogen and oxygen atoms in total. The maximum Gasteiger partial charge on any atom is 0.00573 e. The van der Waals surface area contributed by atoms with Crippen LogP contribution in [0, 0.1) is 0 Å². The average Bonchev–Trinajstić information content (AvgIpc) is 2.62. The first-order valence-electron chi connectivity index (χ1n) is 4.63. The molecule has 60 valence electrons. The van der Waals surface area contributed by atoms with Crippen molar-refractivity contribution in [1.29, 1.82) is 0 Å². The fourth-order valence-corrected chi connectivity index (χ4v) is 2.70. The number of allylic oxidation sites excluding steroid dienone is 2. The van der Waals surface area contributed by atoms with Crippen LogP contribution in [0.2, 0.25) is 0 Å². The van der Waals surface area contributed by atoms with Crippen LogP contribution in [0.1, 0.15) is 36.3 Å². The first kappa shape index (κ1) is 6.47. The Balaban J connectivity index is 2.23. The lowest BCUT2D eigenvalue weighted by Crippen LogP contribution is -1.95. The van der Waals surface area contributed by atoms with Crippen molar-refractivity contribution in [3.05, 3.63) is 47.0 Å². The molecule has 2 unspecified atom stereocenters. The highest BCUT2D eigenvalue weighted by atomic mass is 14.4. The van der Waals surface area contributed by atoms with E-state index in [9.17, 15) is 0 Å². The van der Waals surface area contributed by atoms with Gasteiger partial charge in [0.1, 0.15) is 0 Å². The minimum absolute atomic E-state index is 0.742. The van der Waals surface area contributed by atoms with Gasteiger partial charge in [-0.15, -0.1) is 0 Å². The molecule has 1 aromatic carbocycles. The van der Waals surface area contributed by atoms with E-state index in [1.165, 1.54) is 6.42 Å². The number of fused-ring (bicyclic) bond motifs is 5. The Kier molecular flexibility index (Phi) is 1.08. The molecule has 0 N–H and O–H groups in total.